The van der Waals surface area contributed by atoms with Gasteiger partial charge in [0.2, 0.25) is 0 Å². The fourth-order valence-corrected chi connectivity index (χ4v) is 3.25. The van der Waals surface area contributed by atoms with Crippen molar-refractivity contribution in [1.29, 1.82) is 0 Å². The number of ketones is 1. The van der Waals surface area contributed by atoms with Crippen molar-refractivity contribution in [2.75, 3.05) is 6.61 Å². The van der Waals surface area contributed by atoms with Crippen LogP contribution >= 0.6 is 0 Å². The zero-order valence-electron chi connectivity index (χ0n) is 13.2. The fourth-order valence-electron chi connectivity index (χ4n) is 1.68. The molecular formula is C14H26O3Si2. The number of rotatable bonds is 5. The van der Waals surface area contributed by atoms with E-state index in [4.69, 9.17) is 8.85 Å². The molecule has 0 aliphatic heterocycles. The molecule has 1 rings (SSSR count). The van der Waals surface area contributed by atoms with Crippen molar-refractivity contribution in [2.45, 2.75) is 52.3 Å². The van der Waals surface area contributed by atoms with Crippen LogP contribution in [0.5, 0.6) is 0 Å². The Balaban J connectivity index is 2.87. The standard InChI is InChI=1S/C14H26O3Si2/c1-11-8-9-12(10-16-18(2,3)4)14(13(11)15)17-19(5,6)7/h8-9,14H,10H2,1-7H3/t14-/m0/s1. The minimum atomic E-state index is -1.77. The number of Topliss-reactive ketones (excluding diaryl/α,β-unsaturated/α-hetero) is 1. The molecule has 0 aromatic heterocycles. The molecule has 1 atom stereocenters. The number of carbonyl (C=O) groups excluding carboxylic acids is 1. The first-order valence-corrected chi connectivity index (χ1v) is 13.5. The van der Waals surface area contributed by atoms with Crippen LogP contribution in [0.1, 0.15) is 6.92 Å². The van der Waals surface area contributed by atoms with Gasteiger partial charge in [-0.15, -0.1) is 0 Å². The SMILES string of the molecule is CC1=CC=C(CO[Si](C)(C)C)[C@H](O[Si](C)(C)C)C1=O. The van der Waals surface area contributed by atoms with Crippen molar-refractivity contribution in [3.05, 3.63) is 23.3 Å². The monoisotopic (exact) mass is 298 g/mol. The highest BCUT2D eigenvalue weighted by molar-refractivity contribution is 6.70. The Bertz CT molecular complexity index is 411. The zero-order valence-corrected chi connectivity index (χ0v) is 15.2. The summed E-state index contributed by atoms with van der Waals surface area (Å²) in [5.74, 6) is 0.0825. The summed E-state index contributed by atoms with van der Waals surface area (Å²) >= 11 is 0. The largest absolute Gasteiger partial charge is 0.414 e. The van der Waals surface area contributed by atoms with Gasteiger partial charge < -0.3 is 8.85 Å². The molecule has 1 aliphatic carbocycles. The van der Waals surface area contributed by atoms with Crippen molar-refractivity contribution in [2.24, 2.45) is 0 Å². The third kappa shape index (κ3) is 5.56. The van der Waals surface area contributed by atoms with Crippen molar-refractivity contribution >= 4 is 22.4 Å². The second-order valence-electron chi connectivity index (χ2n) is 6.97. The molecule has 0 heterocycles. The molecule has 0 saturated carbocycles. The highest BCUT2D eigenvalue weighted by atomic mass is 28.4. The van der Waals surface area contributed by atoms with Crippen LogP contribution in [0.4, 0.5) is 0 Å². The van der Waals surface area contributed by atoms with Gasteiger partial charge in [0.05, 0.1) is 6.61 Å². The van der Waals surface area contributed by atoms with E-state index in [1.54, 1.807) is 0 Å². The van der Waals surface area contributed by atoms with Crippen LogP contribution in [0, 0.1) is 0 Å². The summed E-state index contributed by atoms with van der Waals surface area (Å²) in [6.45, 7) is 15.1. The van der Waals surface area contributed by atoms with Crippen LogP contribution in [-0.2, 0) is 13.6 Å². The topological polar surface area (TPSA) is 35.5 Å². The molecule has 0 unspecified atom stereocenters. The van der Waals surface area contributed by atoms with Crippen LogP contribution in [0.25, 0.3) is 0 Å². The first-order valence-electron chi connectivity index (χ1n) is 6.73. The molecule has 3 nitrogen and oxygen atoms in total. The van der Waals surface area contributed by atoms with Gasteiger partial charge in [0, 0.05) is 0 Å². The van der Waals surface area contributed by atoms with Gasteiger partial charge in [0.15, 0.2) is 22.4 Å². The average Bonchev–Trinajstić information content (AvgIpc) is 2.21. The molecule has 0 amide bonds. The van der Waals surface area contributed by atoms with Crippen molar-refractivity contribution < 1.29 is 13.6 Å². The molecule has 5 heteroatoms. The molecule has 0 bridgehead atoms. The Morgan fingerprint density at radius 1 is 1.05 bits per heavy atom. The molecule has 0 spiro atoms. The first kappa shape index (κ1) is 16.6. The number of hydrogen-bond donors (Lipinski definition) is 0. The van der Waals surface area contributed by atoms with Gasteiger partial charge in [-0.2, -0.15) is 0 Å². The maximum Gasteiger partial charge on any atom is 0.190 e. The zero-order chi connectivity index (χ0) is 14.8. The molecule has 0 saturated heterocycles. The van der Waals surface area contributed by atoms with E-state index in [-0.39, 0.29) is 5.78 Å². The lowest BCUT2D eigenvalue weighted by molar-refractivity contribution is -0.121. The second kappa shape index (κ2) is 5.87. The highest BCUT2D eigenvalue weighted by Gasteiger charge is 2.32. The van der Waals surface area contributed by atoms with Gasteiger partial charge in [0.1, 0.15) is 6.10 Å². The Kier molecular flexibility index (Phi) is 5.11. The lowest BCUT2D eigenvalue weighted by Gasteiger charge is -2.30. The Labute approximate surface area is 118 Å². The van der Waals surface area contributed by atoms with E-state index < -0.39 is 22.7 Å². The summed E-state index contributed by atoms with van der Waals surface area (Å²) in [6, 6.07) is 0. The van der Waals surface area contributed by atoms with Crippen LogP contribution in [0.3, 0.4) is 0 Å². The van der Waals surface area contributed by atoms with Gasteiger partial charge in [-0.25, -0.2) is 0 Å². The maximum absolute atomic E-state index is 12.3. The quantitative estimate of drug-likeness (QED) is 0.729. The van der Waals surface area contributed by atoms with Crippen molar-refractivity contribution in [3.8, 4) is 0 Å². The second-order valence-corrected chi connectivity index (χ2v) is 15.9. The maximum atomic E-state index is 12.3. The predicted octanol–water partition coefficient (Wildman–Crippen LogP) is 3.51. The predicted molar refractivity (Wildman–Crippen MR) is 84.4 cm³/mol. The molecule has 19 heavy (non-hydrogen) atoms. The van der Waals surface area contributed by atoms with Gasteiger partial charge >= 0.3 is 0 Å². The first-order chi connectivity index (χ1) is 8.49. The minimum Gasteiger partial charge on any atom is -0.414 e. The summed E-state index contributed by atoms with van der Waals surface area (Å²) in [6.07, 6.45) is 3.42. The third-order valence-electron chi connectivity index (χ3n) is 2.65. The lowest BCUT2D eigenvalue weighted by atomic mass is 9.96. The van der Waals surface area contributed by atoms with Gasteiger partial charge in [-0.05, 0) is 57.4 Å². The minimum absolute atomic E-state index is 0.0825. The summed E-state index contributed by atoms with van der Waals surface area (Å²) in [4.78, 5) is 12.3. The van der Waals surface area contributed by atoms with Gasteiger partial charge in [-0.1, -0.05) is 12.2 Å². The van der Waals surface area contributed by atoms with Gasteiger partial charge in [0.25, 0.3) is 0 Å². The summed E-state index contributed by atoms with van der Waals surface area (Å²) < 4.78 is 12.0. The Morgan fingerprint density at radius 3 is 2.11 bits per heavy atom. The lowest BCUT2D eigenvalue weighted by Crippen LogP contribution is -2.41. The van der Waals surface area contributed by atoms with E-state index in [1.807, 2.05) is 19.1 Å². The smallest absolute Gasteiger partial charge is 0.190 e. The van der Waals surface area contributed by atoms with E-state index in [2.05, 4.69) is 39.3 Å². The molecule has 0 radical (unpaired) electrons. The van der Waals surface area contributed by atoms with E-state index >= 15 is 0 Å². The Morgan fingerprint density at radius 2 is 1.63 bits per heavy atom. The van der Waals surface area contributed by atoms with Crippen molar-refractivity contribution in [3.63, 3.8) is 0 Å². The fraction of sp³-hybridized carbons (Fsp3) is 0.643. The molecule has 108 valence electrons. The van der Waals surface area contributed by atoms with Crippen LogP contribution in [0.2, 0.25) is 39.3 Å². The number of hydrogen-bond acceptors (Lipinski definition) is 3. The highest BCUT2D eigenvalue weighted by Crippen LogP contribution is 2.23. The summed E-state index contributed by atoms with van der Waals surface area (Å²) in [5, 5.41) is 0. The Hall–Kier alpha value is -0.496. The average molecular weight is 299 g/mol. The van der Waals surface area contributed by atoms with E-state index in [1.165, 1.54) is 0 Å². The molecular weight excluding hydrogens is 272 g/mol. The van der Waals surface area contributed by atoms with E-state index in [9.17, 15) is 4.79 Å². The van der Waals surface area contributed by atoms with E-state index in [0.717, 1.165) is 11.1 Å². The third-order valence-corrected chi connectivity index (χ3v) is 4.61. The molecule has 1 aliphatic rings. The molecule has 0 aromatic rings. The number of carbonyl (C=O) groups is 1. The van der Waals surface area contributed by atoms with Crippen LogP contribution in [-0.4, -0.2) is 35.1 Å². The van der Waals surface area contributed by atoms with Crippen LogP contribution in [0.15, 0.2) is 23.3 Å². The normalized spacial score (nSPS) is 21.2. The molecule has 0 fully saturated rings. The van der Waals surface area contributed by atoms with Crippen molar-refractivity contribution in [1.82, 2.24) is 0 Å². The molecule has 0 aromatic carbocycles. The summed E-state index contributed by atoms with van der Waals surface area (Å²) in [7, 11) is -3.35. The number of allylic oxidation sites excluding steroid dienone is 2. The molecule has 0 N–H and O–H groups in total. The van der Waals surface area contributed by atoms with Gasteiger partial charge in [-0.3, -0.25) is 4.79 Å². The van der Waals surface area contributed by atoms with Crippen LogP contribution < -0.4 is 0 Å². The van der Waals surface area contributed by atoms with E-state index in [0.29, 0.717) is 6.61 Å². The summed E-state index contributed by atoms with van der Waals surface area (Å²) in [5.41, 5.74) is 1.72.